The minimum absolute atomic E-state index is 0.0254. The third-order valence-electron chi connectivity index (χ3n) is 2.79. The number of benzene rings is 2. The van der Waals surface area contributed by atoms with Crippen LogP contribution >= 0.6 is 23.2 Å². The number of hydrogen-bond donors (Lipinski definition) is 1. The lowest BCUT2D eigenvalue weighted by molar-refractivity contribution is 0.628. The first kappa shape index (κ1) is 14.0. The van der Waals surface area contributed by atoms with E-state index in [1.807, 2.05) is 30.1 Å². The van der Waals surface area contributed by atoms with Crippen molar-refractivity contribution >= 4 is 34.6 Å². The van der Waals surface area contributed by atoms with E-state index in [4.69, 9.17) is 28.9 Å². The van der Waals surface area contributed by atoms with E-state index in [9.17, 15) is 4.39 Å². The Balaban J connectivity index is 2.25. The lowest BCUT2D eigenvalue weighted by atomic mass is 10.2. The molecule has 0 aliphatic carbocycles. The molecule has 2 aromatic carbocycles. The molecule has 0 unspecified atom stereocenters. The highest BCUT2D eigenvalue weighted by Crippen LogP contribution is 2.29. The van der Waals surface area contributed by atoms with Gasteiger partial charge in [-0.2, -0.15) is 0 Å². The Hall–Kier alpha value is -1.45. The van der Waals surface area contributed by atoms with Crippen LogP contribution in [0.25, 0.3) is 0 Å². The summed E-state index contributed by atoms with van der Waals surface area (Å²) < 4.78 is 13.5. The zero-order chi connectivity index (χ0) is 14.0. The number of rotatable bonds is 3. The van der Waals surface area contributed by atoms with Gasteiger partial charge in [0.25, 0.3) is 0 Å². The highest BCUT2D eigenvalue weighted by atomic mass is 35.5. The summed E-state index contributed by atoms with van der Waals surface area (Å²) in [4.78, 5) is 1.85. The van der Waals surface area contributed by atoms with Crippen LogP contribution < -0.4 is 10.6 Å². The third kappa shape index (κ3) is 3.31. The standard InChI is InChI=1S/C14H13Cl2FN2/c1-19(8-9-3-2-4-10(15)5-9)14-7-12(17)11(16)6-13(14)18/h2-7H,8,18H2,1H3. The van der Waals surface area contributed by atoms with Crippen molar-refractivity contribution in [2.24, 2.45) is 0 Å². The molecule has 0 aromatic heterocycles. The molecule has 2 N–H and O–H groups in total. The Morgan fingerprint density at radius 2 is 1.95 bits per heavy atom. The first-order valence-corrected chi connectivity index (χ1v) is 6.43. The highest BCUT2D eigenvalue weighted by molar-refractivity contribution is 6.31. The van der Waals surface area contributed by atoms with Gasteiger partial charge in [-0.1, -0.05) is 35.3 Å². The van der Waals surface area contributed by atoms with Gasteiger partial charge in [-0.15, -0.1) is 0 Å². The van der Waals surface area contributed by atoms with Crippen LogP contribution in [0.1, 0.15) is 5.56 Å². The van der Waals surface area contributed by atoms with Gasteiger partial charge in [0, 0.05) is 24.7 Å². The van der Waals surface area contributed by atoms with Crippen molar-refractivity contribution in [2.75, 3.05) is 17.7 Å². The highest BCUT2D eigenvalue weighted by Gasteiger charge is 2.10. The summed E-state index contributed by atoms with van der Waals surface area (Å²) in [7, 11) is 1.83. The predicted molar refractivity (Wildman–Crippen MR) is 79.4 cm³/mol. The smallest absolute Gasteiger partial charge is 0.144 e. The molecule has 100 valence electrons. The maximum Gasteiger partial charge on any atom is 0.144 e. The van der Waals surface area contributed by atoms with Gasteiger partial charge in [0.2, 0.25) is 0 Å². The van der Waals surface area contributed by atoms with Crippen molar-refractivity contribution in [3.8, 4) is 0 Å². The number of halogens is 3. The molecule has 0 saturated carbocycles. The Bertz CT molecular complexity index is 602. The monoisotopic (exact) mass is 298 g/mol. The molecule has 2 nitrogen and oxygen atoms in total. The van der Waals surface area contributed by atoms with Crippen molar-refractivity contribution in [3.63, 3.8) is 0 Å². The fraction of sp³-hybridized carbons (Fsp3) is 0.143. The van der Waals surface area contributed by atoms with E-state index in [0.717, 1.165) is 5.56 Å². The average molecular weight is 299 g/mol. The number of nitrogens with zero attached hydrogens (tertiary/aromatic N) is 1. The summed E-state index contributed by atoms with van der Waals surface area (Å²) in [6.45, 7) is 0.575. The minimum Gasteiger partial charge on any atom is -0.397 e. The molecule has 2 aromatic rings. The quantitative estimate of drug-likeness (QED) is 0.854. The van der Waals surface area contributed by atoms with Crippen molar-refractivity contribution in [1.29, 1.82) is 0 Å². The summed E-state index contributed by atoms with van der Waals surface area (Å²) >= 11 is 11.6. The first-order chi connectivity index (χ1) is 8.97. The maximum atomic E-state index is 13.5. The summed E-state index contributed by atoms with van der Waals surface area (Å²) in [6, 6.07) is 10.2. The SMILES string of the molecule is CN(Cc1cccc(Cl)c1)c1cc(F)c(Cl)cc1N. The number of hydrogen-bond acceptors (Lipinski definition) is 2. The summed E-state index contributed by atoms with van der Waals surface area (Å²) in [5.41, 5.74) is 7.91. The number of anilines is 2. The largest absolute Gasteiger partial charge is 0.397 e. The van der Waals surface area contributed by atoms with Crippen molar-refractivity contribution in [3.05, 3.63) is 57.8 Å². The minimum atomic E-state index is -0.483. The summed E-state index contributed by atoms with van der Waals surface area (Å²) in [5.74, 6) is -0.483. The molecule has 0 aliphatic heterocycles. The van der Waals surface area contributed by atoms with E-state index in [-0.39, 0.29) is 5.02 Å². The van der Waals surface area contributed by atoms with E-state index in [0.29, 0.717) is 22.9 Å². The van der Waals surface area contributed by atoms with Crippen LogP contribution in [0.5, 0.6) is 0 Å². The van der Waals surface area contributed by atoms with Gasteiger partial charge in [0.05, 0.1) is 16.4 Å². The van der Waals surface area contributed by atoms with Crippen LogP contribution in [0.2, 0.25) is 10.0 Å². The molecule has 0 heterocycles. The molecule has 19 heavy (non-hydrogen) atoms. The molecule has 0 atom stereocenters. The second kappa shape index (κ2) is 5.68. The van der Waals surface area contributed by atoms with Crippen LogP contribution in [0.4, 0.5) is 15.8 Å². The Morgan fingerprint density at radius 3 is 2.63 bits per heavy atom. The lowest BCUT2D eigenvalue weighted by Gasteiger charge is -2.21. The van der Waals surface area contributed by atoms with E-state index in [2.05, 4.69) is 0 Å². The average Bonchev–Trinajstić information content (AvgIpc) is 2.33. The molecule has 0 fully saturated rings. The molecule has 5 heteroatoms. The molecule has 0 amide bonds. The molecular weight excluding hydrogens is 286 g/mol. The second-order valence-corrected chi connectivity index (χ2v) is 5.15. The van der Waals surface area contributed by atoms with Gasteiger partial charge < -0.3 is 10.6 Å². The fourth-order valence-corrected chi connectivity index (χ4v) is 2.26. The van der Waals surface area contributed by atoms with E-state index < -0.39 is 5.82 Å². The van der Waals surface area contributed by atoms with Crippen LogP contribution in [-0.4, -0.2) is 7.05 Å². The third-order valence-corrected chi connectivity index (χ3v) is 3.31. The van der Waals surface area contributed by atoms with E-state index in [1.54, 1.807) is 6.07 Å². The maximum absolute atomic E-state index is 13.5. The molecule has 0 spiro atoms. The molecule has 0 aliphatic rings. The zero-order valence-corrected chi connectivity index (χ0v) is 11.8. The van der Waals surface area contributed by atoms with E-state index >= 15 is 0 Å². The van der Waals surface area contributed by atoms with Gasteiger partial charge in [-0.05, 0) is 23.8 Å². The molecule has 0 saturated heterocycles. The molecule has 2 rings (SSSR count). The van der Waals surface area contributed by atoms with Crippen LogP contribution in [0, 0.1) is 5.82 Å². The second-order valence-electron chi connectivity index (χ2n) is 4.31. The fourth-order valence-electron chi connectivity index (χ4n) is 1.88. The van der Waals surface area contributed by atoms with E-state index in [1.165, 1.54) is 12.1 Å². The number of nitrogens with two attached hydrogens (primary N) is 1. The van der Waals surface area contributed by atoms with Gasteiger partial charge in [-0.25, -0.2) is 4.39 Å². The Labute approximate surface area is 121 Å². The predicted octanol–water partition coefficient (Wildman–Crippen LogP) is 4.35. The Morgan fingerprint density at radius 1 is 1.21 bits per heavy atom. The molecule has 0 bridgehead atoms. The van der Waals surface area contributed by atoms with Crippen LogP contribution in [0.15, 0.2) is 36.4 Å². The molecule has 0 radical (unpaired) electrons. The van der Waals surface area contributed by atoms with Crippen LogP contribution in [0.3, 0.4) is 0 Å². The zero-order valence-electron chi connectivity index (χ0n) is 10.3. The van der Waals surface area contributed by atoms with Crippen molar-refractivity contribution < 1.29 is 4.39 Å². The summed E-state index contributed by atoms with van der Waals surface area (Å²) in [5, 5.41) is 0.693. The van der Waals surface area contributed by atoms with Gasteiger partial charge >= 0.3 is 0 Å². The first-order valence-electron chi connectivity index (χ1n) is 5.67. The topological polar surface area (TPSA) is 29.3 Å². The van der Waals surface area contributed by atoms with Crippen molar-refractivity contribution in [1.82, 2.24) is 0 Å². The number of nitrogen functional groups attached to an aromatic ring is 1. The lowest BCUT2D eigenvalue weighted by Crippen LogP contribution is -2.18. The Kier molecular flexibility index (Phi) is 4.17. The summed E-state index contributed by atoms with van der Waals surface area (Å²) in [6.07, 6.45) is 0. The normalized spacial score (nSPS) is 10.5. The van der Waals surface area contributed by atoms with Crippen molar-refractivity contribution in [2.45, 2.75) is 6.54 Å². The molecular formula is C14H13Cl2FN2. The van der Waals surface area contributed by atoms with Gasteiger partial charge in [0.1, 0.15) is 5.82 Å². The van der Waals surface area contributed by atoms with Gasteiger partial charge in [0.15, 0.2) is 0 Å². The van der Waals surface area contributed by atoms with Crippen LogP contribution in [-0.2, 0) is 6.54 Å². The van der Waals surface area contributed by atoms with Gasteiger partial charge in [-0.3, -0.25) is 0 Å².